The fourth-order valence-electron chi connectivity index (χ4n) is 1.99. The Hall–Kier alpha value is -1.91. The maximum absolute atomic E-state index is 6.04. The van der Waals surface area contributed by atoms with Crippen molar-refractivity contribution in [1.82, 2.24) is 5.16 Å². The van der Waals surface area contributed by atoms with Crippen LogP contribution in [0.25, 0.3) is 22.5 Å². The Kier molecular flexibility index (Phi) is 3.20. The third-order valence-corrected chi connectivity index (χ3v) is 3.66. The molecule has 0 atom stereocenters. The number of benzene rings is 1. The Morgan fingerprint density at radius 2 is 1.90 bits per heavy atom. The predicted molar refractivity (Wildman–Crippen MR) is 78.8 cm³/mol. The molecule has 0 saturated heterocycles. The zero-order valence-corrected chi connectivity index (χ0v) is 12.0. The fraction of sp³-hybridized carbons (Fsp3) is 0.0714. The van der Waals surface area contributed by atoms with E-state index in [1.54, 1.807) is 18.4 Å². The molecule has 2 heterocycles. The van der Waals surface area contributed by atoms with E-state index in [1.165, 1.54) is 0 Å². The van der Waals surface area contributed by atoms with E-state index >= 15 is 0 Å². The Labute approximate surface area is 125 Å². The molecule has 0 spiro atoms. The van der Waals surface area contributed by atoms with Crippen molar-refractivity contribution >= 4 is 29.0 Å². The molecule has 102 valence electrons. The van der Waals surface area contributed by atoms with Gasteiger partial charge in [-0.15, -0.1) is 0 Å². The smallest absolute Gasteiger partial charge is 0.180 e. The summed E-state index contributed by atoms with van der Waals surface area (Å²) in [5, 5.41) is 4.74. The van der Waals surface area contributed by atoms with Gasteiger partial charge in [0.25, 0.3) is 0 Å². The topological polar surface area (TPSA) is 65.2 Å². The van der Waals surface area contributed by atoms with Gasteiger partial charge in [0.2, 0.25) is 0 Å². The molecule has 2 aromatic heterocycles. The van der Waals surface area contributed by atoms with E-state index < -0.39 is 0 Å². The van der Waals surface area contributed by atoms with Crippen LogP contribution in [0.4, 0.5) is 5.82 Å². The normalized spacial score (nSPS) is 10.9. The van der Waals surface area contributed by atoms with Crippen LogP contribution in [-0.2, 0) is 0 Å². The number of hydrogen-bond acceptors (Lipinski definition) is 4. The molecule has 0 amide bonds. The molecular weight excluding hydrogens is 299 g/mol. The average molecular weight is 309 g/mol. The summed E-state index contributed by atoms with van der Waals surface area (Å²) >= 11 is 12.0. The van der Waals surface area contributed by atoms with Crippen molar-refractivity contribution in [2.24, 2.45) is 0 Å². The molecule has 2 N–H and O–H groups in total. The van der Waals surface area contributed by atoms with Crippen molar-refractivity contribution in [2.45, 2.75) is 6.92 Å². The highest BCUT2D eigenvalue weighted by atomic mass is 35.5. The summed E-state index contributed by atoms with van der Waals surface area (Å²) in [5.41, 5.74) is 8.12. The van der Waals surface area contributed by atoms with Gasteiger partial charge in [-0.1, -0.05) is 34.4 Å². The van der Waals surface area contributed by atoms with Gasteiger partial charge in [0.1, 0.15) is 12.0 Å². The summed E-state index contributed by atoms with van der Waals surface area (Å²) in [6.45, 7) is 1.85. The molecule has 0 aliphatic carbocycles. The summed E-state index contributed by atoms with van der Waals surface area (Å²) in [4.78, 5) is 0. The number of anilines is 1. The van der Waals surface area contributed by atoms with Crippen molar-refractivity contribution in [3.05, 3.63) is 46.3 Å². The highest BCUT2D eigenvalue weighted by Crippen LogP contribution is 2.39. The van der Waals surface area contributed by atoms with Crippen LogP contribution in [0.15, 0.2) is 39.5 Å². The van der Waals surface area contributed by atoms with Crippen molar-refractivity contribution in [3.8, 4) is 22.5 Å². The van der Waals surface area contributed by atoms with Gasteiger partial charge in [-0.3, -0.25) is 0 Å². The fourth-order valence-corrected chi connectivity index (χ4v) is 2.29. The van der Waals surface area contributed by atoms with E-state index in [0.717, 1.165) is 16.9 Å². The number of nitrogens with zero attached hydrogens (tertiary/aromatic N) is 1. The Morgan fingerprint density at radius 1 is 1.10 bits per heavy atom. The molecule has 6 heteroatoms. The molecule has 0 saturated carbocycles. The number of furan rings is 1. The lowest BCUT2D eigenvalue weighted by Gasteiger charge is -2.03. The van der Waals surface area contributed by atoms with Gasteiger partial charge in [-0.05, 0) is 30.7 Å². The molecule has 3 aromatic rings. The van der Waals surface area contributed by atoms with Crippen molar-refractivity contribution in [2.75, 3.05) is 5.73 Å². The van der Waals surface area contributed by atoms with Gasteiger partial charge in [-0.25, -0.2) is 0 Å². The van der Waals surface area contributed by atoms with Crippen LogP contribution >= 0.6 is 23.2 Å². The van der Waals surface area contributed by atoms with Gasteiger partial charge < -0.3 is 14.7 Å². The van der Waals surface area contributed by atoms with Crippen molar-refractivity contribution in [3.63, 3.8) is 0 Å². The van der Waals surface area contributed by atoms with Crippen LogP contribution in [0.3, 0.4) is 0 Å². The molecule has 0 radical (unpaired) electrons. The first-order valence-corrected chi connectivity index (χ1v) is 6.58. The maximum atomic E-state index is 6.04. The van der Waals surface area contributed by atoms with Crippen LogP contribution < -0.4 is 5.73 Å². The summed E-state index contributed by atoms with van der Waals surface area (Å²) in [6.07, 6.45) is 1.59. The standard InChI is InChI=1S/C14H10Cl2N2O2/c1-7-4-9(6-19-7)13-12(14(17)18-20-13)8-2-3-10(15)11(16)5-8/h2-6H,1H3,(H2,17,18). The lowest BCUT2D eigenvalue weighted by Crippen LogP contribution is -1.88. The Bertz CT molecular complexity index is 777. The molecular formula is C14H10Cl2N2O2. The second-order valence-electron chi connectivity index (χ2n) is 4.35. The summed E-state index contributed by atoms with van der Waals surface area (Å²) in [5.74, 6) is 1.60. The molecule has 0 aliphatic rings. The predicted octanol–water partition coefficient (Wildman–Crippen LogP) is 4.80. The van der Waals surface area contributed by atoms with Crippen LogP contribution in [0.1, 0.15) is 5.76 Å². The van der Waals surface area contributed by atoms with Crippen LogP contribution in [0, 0.1) is 6.92 Å². The maximum Gasteiger partial charge on any atom is 0.180 e. The summed E-state index contributed by atoms with van der Waals surface area (Å²) in [6, 6.07) is 7.09. The van der Waals surface area contributed by atoms with E-state index in [-0.39, 0.29) is 5.82 Å². The molecule has 20 heavy (non-hydrogen) atoms. The minimum atomic E-state index is 0.289. The number of halogens is 2. The molecule has 4 nitrogen and oxygen atoms in total. The van der Waals surface area contributed by atoms with Gasteiger partial charge >= 0.3 is 0 Å². The molecule has 3 rings (SSSR count). The van der Waals surface area contributed by atoms with Gasteiger partial charge in [0.05, 0.1) is 21.2 Å². The minimum absolute atomic E-state index is 0.289. The third-order valence-electron chi connectivity index (χ3n) is 2.92. The second-order valence-corrected chi connectivity index (χ2v) is 5.16. The van der Waals surface area contributed by atoms with E-state index in [4.69, 9.17) is 37.9 Å². The van der Waals surface area contributed by atoms with Gasteiger partial charge in [-0.2, -0.15) is 0 Å². The van der Waals surface area contributed by atoms with E-state index in [9.17, 15) is 0 Å². The number of aromatic nitrogens is 1. The first-order valence-electron chi connectivity index (χ1n) is 5.82. The number of hydrogen-bond donors (Lipinski definition) is 1. The van der Waals surface area contributed by atoms with Crippen LogP contribution in [0.2, 0.25) is 10.0 Å². The Morgan fingerprint density at radius 3 is 2.55 bits per heavy atom. The first kappa shape index (κ1) is 13.1. The lowest BCUT2D eigenvalue weighted by molar-refractivity contribution is 0.435. The lowest BCUT2D eigenvalue weighted by atomic mass is 10.0. The minimum Gasteiger partial charge on any atom is -0.469 e. The zero-order chi connectivity index (χ0) is 14.3. The number of rotatable bonds is 2. The third kappa shape index (κ3) is 2.17. The van der Waals surface area contributed by atoms with E-state index in [0.29, 0.717) is 21.4 Å². The molecule has 1 aromatic carbocycles. The summed E-state index contributed by atoms with van der Waals surface area (Å²) < 4.78 is 10.6. The van der Waals surface area contributed by atoms with Gasteiger partial charge in [0.15, 0.2) is 11.6 Å². The van der Waals surface area contributed by atoms with E-state index in [2.05, 4.69) is 5.16 Å². The van der Waals surface area contributed by atoms with Crippen LogP contribution in [0.5, 0.6) is 0 Å². The summed E-state index contributed by atoms with van der Waals surface area (Å²) in [7, 11) is 0. The highest BCUT2D eigenvalue weighted by molar-refractivity contribution is 6.42. The number of nitrogen functional groups attached to an aromatic ring is 1. The largest absolute Gasteiger partial charge is 0.469 e. The van der Waals surface area contributed by atoms with E-state index in [1.807, 2.05) is 19.1 Å². The Balaban J connectivity index is 2.18. The number of aryl methyl sites for hydroxylation is 1. The zero-order valence-electron chi connectivity index (χ0n) is 10.5. The molecule has 0 aliphatic heterocycles. The number of nitrogens with two attached hydrogens (primary N) is 1. The second kappa shape index (κ2) is 4.89. The highest BCUT2D eigenvalue weighted by Gasteiger charge is 2.19. The van der Waals surface area contributed by atoms with Crippen LogP contribution in [-0.4, -0.2) is 5.16 Å². The molecule has 0 bridgehead atoms. The quantitative estimate of drug-likeness (QED) is 0.738. The molecule has 0 unspecified atom stereocenters. The van der Waals surface area contributed by atoms with Crippen molar-refractivity contribution < 1.29 is 8.94 Å². The molecule has 0 fully saturated rings. The monoisotopic (exact) mass is 308 g/mol. The van der Waals surface area contributed by atoms with Crippen molar-refractivity contribution in [1.29, 1.82) is 0 Å². The average Bonchev–Trinajstić information content (AvgIpc) is 2.99. The SMILES string of the molecule is Cc1cc(-c2onc(N)c2-c2ccc(Cl)c(Cl)c2)co1. The first-order chi connectivity index (χ1) is 9.56. The van der Waals surface area contributed by atoms with Gasteiger partial charge in [0, 0.05) is 0 Å².